The molecule has 1 aliphatic carbocycles. The van der Waals surface area contributed by atoms with Crippen molar-refractivity contribution in [3.8, 4) is 0 Å². The van der Waals surface area contributed by atoms with Gasteiger partial charge in [-0.1, -0.05) is 0 Å². The van der Waals surface area contributed by atoms with E-state index in [0.717, 1.165) is 19.5 Å². The molecule has 2 nitrogen and oxygen atoms in total. The minimum Gasteiger partial charge on any atom is -0.393 e. The molecule has 11 heavy (non-hydrogen) atoms. The van der Waals surface area contributed by atoms with Crippen molar-refractivity contribution in [2.75, 3.05) is 13.1 Å². The highest BCUT2D eigenvalue weighted by Gasteiger charge is 2.45. The number of rotatable bonds is 0. The molecule has 0 aromatic rings. The third-order valence-electron chi connectivity index (χ3n) is 3.13. The van der Waals surface area contributed by atoms with E-state index in [9.17, 15) is 5.11 Å². The number of hydrogen-bond donors (Lipinski definition) is 2. The first kappa shape index (κ1) is 9.30. The molecular weight excluding hydrogens is 162 g/mol. The number of halogens is 1. The zero-order valence-electron chi connectivity index (χ0n) is 6.68. The van der Waals surface area contributed by atoms with Gasteiger partial charge < -0.3 is 10.4 Å². The van der Waals surface area contributed by atoms with Crippen LogP contribution in [0.1, 0.15) is 25.7 Å². The maximum Gasteiger partial charge on any atom is 0.0608 e. The standard InChI is InChI=1S/C8H15NO.ClH/c10-7-2-4-8(7)3-1-5-9-6-8;/h7,9-10H,1-6H2;1H/t7-,8-;/m1./s1. The first-order valence-corrected chi connectivity index (χ1v) is 4.22. The van der Waals surface area contributed by atoms with Crippen molar-refractivity contribution >= 4 is 12.4 Å². The minimum atomic E-state index is 0. The van der Waals surface area contributed by atoms with E-state index in [2.05, 4.69) is 5.32 Å². The molecule has 66 valence electrons. The van der Waals surface area contributed by atoms with E-state index < -0.39 is 0 Å². The molecule has 3 heteroatoms. The van der Waals surface area contributed by atoms with Gasteiger partial charge in [0.05, 0.1) is 6.10 Å². The maximum atomic E-state index is 9.48. The lowest BCUT2D eigenvalue weighted by atomic mass is 9.62. The number of nitrogens with one attached hydrogen (secondary N) is 1. The van der Waals surface area contributed by atoms with E-state index in [1.54, 1.807) is 0 Å². The van der Waals surface area contributed by atoms with Gasteiger partial charge in [0.25, 0.3) is 0 Å². The Kier molecular flexibility index (Phi) is 2.79. The molecule has 0 radical (unpaired) electrons. The average Bonchev–Trinajstić information content (AvgIpc) is 2.04. The maximum absolute atomic E-state index is 9.48. The van der Waals surface area contributed by atoms with Crippen LogP contribution in [0.25, 0.3) is 0 Å². The summed E-state index contributed by atoms with van der Waals surface area (Å²) in [6.45, 7) is 2.20. The first-order valence-electron chi connectivity index (χ1n) is 4.22. The number of aliphatic hydroxyl groups is 1. The van der Waals surface area contributed by atoms with E-state index in [4.69, 9.17) is 0 Å². The molecule has 0 aromatic carbocycles. The van der Waals surface area contributed by atoms with Gasteiger partial charge in [-0.25, -0.2) is 0 Å². The number of aliphatic hydroxyl groups excluding tert-OH is 1. The van der Waals surface area contributed by atoms with E-state index in [0.29, 0.717) is 5.41 Å². The van der Waals surface area contributed by atoms with Gasteiger partial charge >= 0.3 is 0 Å². The monoisotopic (exact) mass is 177 g/mol. The quantitative estimate of drug-likeness (QED) is 0.577. The SMILES string of the molecule is Cl.O[C@@H]1CC[C@@]12CCCNC2. The van der Waals surface area contributed by atoms with E-state index in [-0.39, 0.29) is 18.5 Å². The summed E-state index contributed by atoms with van der Waals surface area (Å²) >= 11 is 0. The van der Waals surface area contributed by atoms with Crippen LogP contribution in [0.5, 0.6) is 0 Å². The molecule has 0 bridgehead atoms. The van der Waals surface area contributed by atoms with Crippen molar-refractivity contribution in [2.45, 2.75) is 31.8 Å². The zero-order valence-corrected chi connectivity index (χ0v) is 7.49. The predicted molar refractivity (Wildman–Crippen MR) is 47.0 cm³/mol. The van der Waals surface area contributed by atoms with Crippen LogP contribution >= 0.6 is 12.4 Å². The van der Waals surface area contributed by atoms with Gasteiger partial charge in [0.2, 0.25) is 0 Å². The molecule has 1 spiro atoms. The molecule has 0 amide bonds. The molecule has 2 atom stereocenters. The fourth-order valence-electron chi connectivity index (χ4n) is 2.17. The summed E-state index contributed by atoms with van der Waals surface area (Å²) in [7, 11) is 0. The van der Waals surface area contributed by atoms with Crippen molar-refractivity contribution in [3.05, 3.63) is 0 Å². The highest BCUT2D eigenvalue weighted by molar-refractivity contribution is 5.85. The molecule has 1 aliphatic heterocycles. The minimum absolute atomic E-state index is 0. The Morgan fingerprint density at radius 2 is 2.18 bits per heavy atom. The largest absolute Gasteiger partial charge is 0.393 e. The summed E-state index contributed by atoms with van der Waals surface area (Å²) in [6, 6.07) is 0. The van der Waals surface area contributed by atoms with Crippen molar-refractivity contribution < 1.29 is 5.11 Å². The Hall–Kier alpha value is 0.210. The molecular formula is C8H16ClNO. The Bertz CT molecular complexity index is 134. The summed E-state index contributed by atoms with van der Waals surface area (Å²) < 4.78 is 0. The fraction of sp³-hybridized carbons (Fsp3) is 1.00. The predicted octanol–water partition coefficient (Wildman–Crippen LogP) is 0.933. The van der Waals surface area contributed by atoms with Crippen LogP contribution in [0.15, 0.2) is 0 Å². The van der Waals surface area contributed by atoms with Gasteiger partial charge in [-0.3, -0.25) is 0 Å². The van der Waals surface area contributed by atoms with E-state index in [1.807, 2.05) is 0 Å². The second-order valence-electron chi connectivity index (χ2n) is 3.70. The van der Waals surface area contributed by atoms with Gasteiger partial charge in [-0.15, -0.1) is 12.4 Å². The van der Waals surface area contributed by atoms with Crippen molar-refractivity contribution in [1.82, 2.24) is 5.32 Å². The lowest BCUT2D eigenvalue weighted by Gasteiger charge is -2.49. The first-order chi connectivity index (χ1) is 4.83. The Morgan fingerprint density at radius 1 is 1.36 bits per heavy atom. The second-order valence-corrected chi connectivity index (χ2v) is 3.70. The zero-order chi connectivity index (χ0) is 7.03. The third kappa shape index (κ3) is 1.40. The lowest BCUT2D eigenvalue weighted by Crippen LogP contribution is -2.54. The summed E-state index contributed by atoms with van der Waals surface area (Å²) in [6.07, 6.45) is 4.75. The van der Waals surface area contributed by atoms with Crippen molar-refractivity contribution in [3.63, 3.8) is 0 Å². The summed E-state index contributed by atoms with van der Waals surface area (Å²) in [4.78, 5) is 0. The topological polar surface area (TPSA) is 32.3 Å². The van der Waals surface area contributed by atoms with Crippen LogP contribution in [0.2, 0.25) is 0 Å². The van der Waals surface area contributed by atoms with Crippen LogP contribution < -0.4 is 5.32 Å². The van der Waals surface area contributed by atoms with Crippen molar-refractivity contribution in [1.29, 1.82) is 0 Å². The van der Waals surface area contributed by atoms with Crippen LogP contribution in [0.4, 0.5) is 0 Å². The third-order valence-corrected chi connectivity index (χ3v) is 3.13. The van der Waals surface area contributed by atoms with Gasteiger partial charge in [-0.05, 0) is 32.2 Å². The van der Waals surface area contributed by atoms with Gasteiger partial charge in [0.1, 0.15) is 0 Å². The molecule has 2 fully saturated rings. The number of piperidine rings is 1. The average molecular weight is 178 g/mol. The van der Waals surface area contributed by atoms with Gasteiger partial charge in [0.15, 0.2) is 0 Å². The second kappa shape index (κ2) is 3.30. The highest BCUT2D eigenvalue weighted by atomic mass is 35.5. The van der Waals surface area contributed by atoms with E-state index >= 15 is 0 Å². The van der Waals surface area contributed by atoms with Gasteiger partial charge in [-0.2, -0.15) is 0 Å². The van der Waals surface area contributed by atoms with Crippen LogP contribution in [0, 0.1) is 5.41 Å². The number of hydrogen-bond acceptors (Lipinski definition) is 2. The molecule has 0 unspecified atom stereocenters. The molecule has 2 rings (SSSR count). The molecule has 0 aromatic heterocycles. The Labute approximate surface area is 73.8 Å². The fourth-order valence-corrected chi connectivity index (χ4v) is 2.17. The molecule has 1 heterocycles. The Morgan fingerprint density at radius 3 is 2.45 bits per heavy atom. The van der Waals surface area contributed by atoms with E-state index in [1.165, 1.54) is 19.3 Å². The molecule has 1 saturated carbocycles. The lowest BCUT2D eigenvalue weighted by molar-refractivity contribution is -0.0776. The Balaban J connectivity index is 0.000000605. The molecule has 1 saturated heterocycles. The molecule has 2 aliphatic rings. The summed E-state index contributed by atoms with van der Waals surface area (Å²) in [5, 5.41) is 12.8. The molecule has 2 N–H and O–H groups in total. The normalized spacial score (nSPS) is 42.8. The van der Waals surface area contributed by atoms with Crippen LogP contribution in [0.3, 0.4) is 0 Å². The highest BCUT2D eigenvalue weighted by Crippen LogP contribution is 2.45. The van der Waals surface area contributed by atoms with Crippen molar-refractivity contribution in [2.24, 2.45) is 5.41 Å². The van der Waals surface area contributed by atoms with Gasteiger partial charge in [0, 0.05) is 12.0 Å². The van der Waals surface area contributed by atoms with Crippen LogP contribution in [-0.2, 0) is 0 Å². The summed E-state index contributed by atoms with van der Waals surface area (Å²) in [5.74, 6) is 0. The summed E-state index contributed by atoms with van der Waals surface area (Å²) in [5.41, 5.74) is 0.304. The van der Waals surface area contributed by atoms with Crippen LogP contribution in [-0.4, -0.2) is 24.3 Å². The smallest absolute Gasteiger partial charge is 0.0608 e.